The van der Waals surface area contributed by atoms with E-state index in [1.807, 2.05) is 42.6 Å². The van der Waals surface area contributed by atoms with Crippen molar-refractivity contribution < 1.29 is 9.18 Å². The molecule has 5 rings (SSSR count). The average molecular weight is 580 g/mol. The molecular formula is C31H35ClFN5OS. The smallest absolute Gasteiger partial charge is 0.223 e. The van der Waals surface area contributed by atoms with E-state index in [-0.39, 0.29) is 11.7 Å². The first-order valence-corrected chi connectivity index (χ1v) is 14.8. The molecule has 0 radical (unpaired) electrons. The van der Waals surface area contributed by atoms with Gasteiger partial charge in [0, 0.05) is 36.5 Å². The predicted molar refractivity (Wildman–Crippen MR) is 165 cm³/mol. The molecule has 1 aliphatic rings. The molecule has 1 aliphatic carbocycles. The number of nitrogens with zero attached hydrogens (tertiary/aromatic N) is 2. The summed E-state index contributed by atoms with van der Waals surface area (Å²) in [5.74, 6) is 0.387. The van der Waals surface area contributed by atoms with Crippen LogP contribution in [0.4, 0.5) is 16.0 Å². The highest BCUT2D eigenvalue weighted by Crippen LogP contribution is 2.33. The van der Waals surface area contributed by atoms with Crippen LogP contribution in [0.2, 0.25) is 5.02 Å². The number of aromatic nitrogens is 2. The maximum Gasteiger partial charge on any atom is 0.223 e. The number of aryl methyl sites for hydroxylation is 1. The van der Waals surface area contributed by atoms with Crippen molar-refractivity contribution in [2.45, 2.75) is 63.3 Å². The Morgan fingerprint density at radius 1 is 1.07 bits per heavy atom. The number of rotatable bonds is 7. The largest absolute Gasteiger partial charge is 0.359 e. The van der Waals surface area contributed by atoms with Crippen LogP contribution in [0, 0.1) is 5.82 Å². The van der Waals surface area contributed by atoms with Gasteiger partial charge < -0.3 is 15.4 Å². The van der Waals surface area contributed by atoms with Crippen molar-refractivity contribution in [3.05, 3.63) is 77.2 Å². The monoisotopic (exact) mass is 579 g/mol. The molecule has 3 aromatic carbocycles. The second-order valence-corrected chi connectivity index (χ2v) is 11.0. The summed E-state index contributed by atoms with van der Waals surface area (Å²) in [5.41, 5.74) is 4.27. The van der Waals surface area contributed by atoms with Crippen molar-refractivity contribution in [2.24, 2.45) is 0 Å². The van der Waals surface area contributed by atoms with E-state index in [9.17, 15) is 9.18 Å². The number of carbonyl (C=O) groups excluding carboxylic acids is 1. The first-order chi connectivity index (χ1) is 19.4. The van der Waals surface area contributed by atoms with Crippen molar-refractivity contribution in [2.75, 3.05) is 17.1 Å². The normalized spacial score (nSPS) is 13.3. The topological polar surface area (TPSA) is 78.9 Å². The minimum absolute atomic E-state index is 0.00463. The molecule has 0 atom stereocenters. The van der Waals surface area contributed by atoms with Crippen LogP contribution in [0.5, 0.6) is 0 Å². The molecular weight excluding hydrogens is 545 g/mol. The number of carbonyl (C=O) groups is 1. The third kappa shape index (κ3) is 7.86. The molecule has 1 amide bonds. The van der Waals surface area contributed by atoms with Gasteiger partial charge in [0.05, 0.1) is 16.2 Å². The molecule has 0 bridgehead atoms. The first kappa shape index (κ1) is 29.6. The molecule has 0 saturated heterocycles. The molecule has 9 heteroatoms. The molecule has 1 fully saturated rings. The Balaban J connectivity index is 0.000000681. The van der Waals surface area contributed by atoms with E-state index in [0.717, 1.165) is 38.9 Å². The molecule has 0 unspecified atom stereocenters. The highest BCUT2D eigenvalue weighted by Gasteiger charge is 2.15. The Morgan fingerprint density at radius 2 is 1.82 bits per heavy atom. The summed E-state index contributed by atoms with van der Waals surface area (Å²) in [4.78, 5) is 20.0. The van der Waals surface area contributed by atoms with Crippen LogP contribution < -0.4 is 15.4 Å². The van der Waals surface area contributed by atoms with Gasteiger partial charge in [-0.3, -0.25) is 4.79 Å². The van der Waals surface area contributed by atoms with Gasteiger partial charge in [-0.15, -0.1) is 0 Å². The van der Waals surface area contributed by atoms with Gasteiger partial charge in [-0.2, -0.15) is 0 Å². The average Bonchev–Trinajstić information content (AvgIpc) is 2.97. The fraction of sp³-hybridized carbons (Fsp3) is 0.323. The maximum absolute atomic E-state index is 15.0. The van der Waals surface area contributed by atoms with Gasteiger partial charge in [0.15, 0.2) is 0 Å². The van der Waals surface area contributed by atoms with Crippen molar-refractivity contribution in [1.29, 1.82) is 0 Å². The lowest BCUT2D eigenvalue weighted by atomic mass is 9.96. The molecule has 3 N–H and O–H groups in total. The summed E-state index contributed by atoms with van der Waals surface area (Å²) >= 11 is 7.49. The molecule has 210 valence electrons. The Hall–Kier alpha value is -3.36. The van der Waals surface area contributed by atoms with Crippen LogP contribution in [0.1, 0.15) is 51.5 Å². The Kier molecular flexibility index (Phi) is 10.6. The van der Waals surface area contributed by atoms with E-state index in [0.29, 0.717) is 22.7 Å². The summed E-state index contributed by atoms with van der Waals surface area (Å²) in [7, 11) is 1.60. The number of anilines is 2. The minimum Gasteiger partial charge on any atom is -0.359 e. The van der Waals surface area contributed by atoms with Crippen molar-refractivity contribution in [3.63, 3.8) is 0 Å². The number of hydrogen-bond donors (Lipinski definition) is 3. The standard InChI is InChI=1S/C28H28ClFN4S.C3H7NO/c1-2-18-14-20(15-21-17-31-28(33-27(18)21)32-22-8-4-3-5-9-22)19-12-13-25(24(30)16-19)34-35-26-11-7-6-10-23(26)29;1-3(5)4-2/h6-7,10-17,22,34H,2-5,8-9H2,1H3,(H,31,32,33);1-2H3,(H,4,5). The molecule has 1 aromatic heterocycles. The number of amides is 1. The number of nitrogens with one attached hydrogen (secondary N) is 3. The summed E-state index contributed by atoms with van der Waals surface area (Å²) in [6.45, 7) is 3.59. The number of benzene rings is 3. The maximum atomic E-state index is 15.0. The number of hydrogen-bond acceptors (Lipinski definition) is 6. The van der Waals surface area contributed by atoms with Crippen LogP contribution in [0.25, 0.3) is 22.0 Å². The lowest BCUT2D eigenvalue weighted by Gasteiger charge is -2.22. The number of fused-ring (bicyclic) bond motifs is 1. The molecule has 0 spiro atoms. The van der Waals surface area contributed by atoms with Gasteiger partial charge in [0.1, 0.15) is 5.82 Å². The van der Waals surface area contributed by atoms with Gasteiger partial charge in [-0.25, -0.2) is 14.4 Å². The molecule has 0 aliphatic heterocycles. The predicted octanol–water partition coefficient (Wildman–Crippen LogP) is 8.27. The molecule has 6 nitrogen and oxygen atoms in total. The van der Waals surface area contributed by atoms with Crippen molar-refractivity contribution in [1.82, 2.24) is 15.3 Å². The van der Waals surface area contributed by atoms with Gasteiger partial charge in [0.2, 0.25) is 11.9 Å². The molecule has 1 saturated carbocycles. The van der Waals surface area contributed by atoms with E-state index in [1.165, 1.54) is 51.0 Å². The zero-order valence-electron chi connectivity index (χ0n) is 23.1. The van der Waals surface area contributed by atoms with Gasteiger partial charge in [0.25, 0.3) is 0 Å². The van der Waals surface area contributed by atoms with Crippen molar-refractivity contribution in [3.8, 4) is 11.1 Å². The van der Waals surface area contributed by atoms with Crippen LogP contribution >= 0.6 is 23.5 Å². The Bertz CT molecular complexity index is 1460. The van der Waals surface area contributed by atoms with Crippen LogP contribution in [-0.4, -0.2) is 29.0 Å². The zero-order chi connectivity index (χ0) is 28.5. The lowest BCUT2D eigenvalue weighted by Crippen LogP contribution is -2.23. The third-order valence-electron chi connectivity index (χ3n) is 6.84. The van der Waals surface area contributed by atoms with Crippen LogP contribution in [0.3, 0.4) is 0 Å². The van der Waals surface area contributed by atoms with E-state index >= 15 is 0 Å². The summed E-state index contributed by atoms with van der Waals surface area (Å²) < 4.78 is 18.0. The summed E-state index contributed by atoms with van der Waals surface area (Å²) in [6.07, 6.45) is 8.90. The fourth-order valence-corrected chi connectivity index (χ4v) is 5.52. The summed E-state index contributed by atoms with van der Waals surface area (Å²) in [6, 6.07) is 17.3. The second-order valence-electron chi connectivity index (χ2n) is 9.73. The van der Waals surface area contributed by atoms with E-state index in [4.69, 9.17) is 16.6 Å². The molecule has 1 heterocycles. The third-order valence-corrected chi connectivity index (χ3v) is 8.18. The molecule has 40 heavy (non-hydrogen) atoms. The van der Waals surface area contributed by atoms with Gasteiger partial charge >= 0.3 is 0 Å². The lowest BCUT2D eigenvalue weighted by molar-refractivity contribution is -0.118. The highest BCUT2D eigenvalue weighted by atomic mass is 35.5. The van der Waals surface area contributed by atoms with Crippen LogP contribution in [0.15, 0.2) is 65.7 Å². The zero-order valence-corrected chi connectivity index (χ0v) is 24.6. The first-order valence-electron chi connectivity index (χ1n) is 13.6. The quantitative estimate of drug-likeness (QED) is 0.191. The molecule has 4 aromatic rings. The van der Waals surface area contributed by atoms with Gasteiger partial charge in [-0.1, -0.05) is 56.0 Å². The van der Waals surface area contributed by atoms with Gasteiger partial charge in [-0.05, 0) is 84.3 Å². The fourth-order valence-electron chi connectivity index (χ4n) is 4.57. The van der Waals surface area contributed by atoms with E-state index in [2.05, 4.69) is 33.3 Å². The number of halogens is 2. The highest BCUT2D eigenvalue weighted by molar-refractivity contribution is 8.00. The SMILES string of the molecule is CCc1cc(-c2ccc(NSc3ccccc3Cl)c(F)c2)cc2cnc(NC3CCCCC3)nc12.CNC(C)=O. The van der Waals surface area contributed by atoms with E-state index < -0.39 is 0 Å². The second kappa shape index (κ2) is 14.3. The summed E-state index contributed by atoms with van der Waals surface area (Å²) in [5, 5.41) is 7.50. The van der Waals surface area contributed by atoms with E-state index in [1.54, 1.807) is 19.2 Å². The minimum atomic E-state index is -0.316. The van der Waals surface area contributed by atoms with Crippen LogP contribution in [-0.2, 0) is 11.2 Å². The van der Waals surface area contributed by atoms with Crippen molar-refractivity contribution >= 4 is 52.0 Å². The Morgan fingerprint density at radius 3 is 2.50 bits per heavy atom. The Labute approximate surface area is 244 Å².